The van der Waals surface area contributed by atoms with Crippen LogP contribution in [0.25, 0.3) is 0 Å². The summed E-state index contributed by atoms with van der Waals surface area (Å²) in [5.74, 6) is 1.67. The van der Waals surface area contributed by atoms with E-state index in [2.05, 4.69) is 10.3 Å². The van der Waals surface area contributed by atoms with Crippen molar-refractivity contribution in [1.82, 2.24) is 15.2 Å². The Bertz CT molecular complexity index is 853. The third-order valence-electron chi connectivity index (χ3n) is 4.53. The summed E-state index contributed by atoms with van der Waals surface area (Å²) >= 11 is 1.53. The number of hydrogen-bond acceptors (Lipinski definition) is 7. The number of hydrogen-bond donors (Lipinski definition) is 1. The minimum absolute atomic E-state index is 0.207. The second-order valence-corrected chi connectivity index (χ2v) is 7.24. The second-order valence-electron chi connectivity index (χ2n) is 6.24. The molecule has 0 spiro atoms. The molecule has 0 saturated carbocycles. The van der Waals surface area contributed by atoms with Gasteiger partial charge in [-0.05, 0) is 24.3 Å². The number of benzene rings is 1. The average Bonchev–Trinajstić information content (AvgIpc) is 3.26. The number of carbonyl (C=O) groups is 2. The highest BCUT2D eigenvalue weighted by atomic mass is 32.2. The van der Waals surface area contributed by atoms with Crippen LogP contribution in [0.15, 0.2) is 36.5 Å². The monoisotopic (exact) mass is 417 g/mol. The van der Waals surface area contributed by atoms with E-state index in [1.54, 1.807) is 23.2 Å². The summed E-state index contributed by atoms with van der Waals surface area (Å²) in [6.45, 7) is 0.313. The highest BCUT2D eigenvalue weighted by Crippen LogP contribution is 2.39. The first-order chi connectivity index (χ1) is 14.1. The van der Waals surface area contributed by atoms with Crippen molar-refractivity contribution >= 4 is 23.6 Å². The molecule has 0 aliphatic carbocycles. The van der Waals surface area contributed by atoms with E-state index in [-0.39, 0.29) is 11.8 Å². The minimum atomic E-state index is -0.560. The van der Waals surface area contributed by atoms with E-state index in [0.29, 0.717) is 41.0 Å². The molecular weight excluding hydrogens is 394 g/mol. The van der Waals surface area contributed by atoms with Gasteiger partial charge in [0.05, 0.1) is 39.4 Å². The summed E-state index contributed by atoms with van der Waals surface area (Å²) in [7, 11) is 4.48. The van der Waals surface area contributed by atoms with Crippen LogP contribution in [0.2, 0.25) is 0 Å². The molecule has 1 fully saturated rings. The number of nitrogens with zero attached hydrogens (tertiary/aromatic N) is 2. The summed E-state index contributed by atoms with van der Waals surface area (Å²) < 4.78 is 16.0. The number of thioether (sulfide) groups is 1. The van der Waals surface area contributed by atoms with Gasteiger partial charge in [-0.2, -0.15) is 0 Å². The molecule has 1 aromatic carbocycles. The molecule has 154 valence electrons. The molecule has 1 aliphatic heterocycles. The topological polar surface area (TPSA) is 90.0 Å². The summed E-state index contributed by atoms with van der Waals surface area (Å²) in [6.07, 6.45) is 1.67. The molecule has 8 nitrogen and oxygen atoms in total. The first kappa shape index (κ1) is 20.8. The molecular formula is C20H23N3O5S. The van der Waals surface area contributed by atoms with E-state index < -0.39 is 6.04 Å². The maximum Gasteiger partial charge on any atom is 0.255 e. The van der Waals surface area contributed by atoms with Crippen LogP contribution in [-0.4, -0.2) is 60.7 Å². The lowest BCUT2D eigenvalue weighted by atomic mass is 10.1. The number of methoxy groups -OCH3 is 3. The van der Waals surface area contributed by atoms with Gasteiger partial charge in [-0.1, -0.05) is 6.07 Å². The average molecular weight is 417 g/mol. The van der Waals surface area contributed by atoms with Crippen LogP contribution in [-0.2, 0) is 11.3 Å². The van der Waals surface area contributed by atoms with Crippen molar-refractivity contribution in [3.8, 4) is 17.2 Å². The quantitative estimate of drug-likeness (QED) is 0.736. The molecule has 2 amide bonds. The standard InChI is InChI=1S/C20H23N3O5S/c1-26-16-8-13(9-17(27-2)18(16)28-3)20(25)23-12-29-11-15(23)19(24)22-10-14-6-4-5-7-21-14/h4-9,15H,10-12H2,1-3H3,(H,22,24)/t15-/m1/s1. The largest absolute Gasteiger partial charge is 0.493 e. The molecule has 29 heavy (non-hydrogen) atoms. The molecule has 1 aromatic heterocycles. The van der Waals surface area contributed by atoms with E-state index in [0.717, 1.165) is 5.69 Å². The Kier molecular flexibility index (Phi) is 6.82. The van der Waals surface area contributed by atoms with Crippen molar-refractivity contribution in [1.29, 1.82) is 0 Å². The molecule has 0 bridgehead atoms. The lowest BCUT2D eigenvalue weighted by molar-refractivity contribution is -0.124. The molecule has 0 radical (unpaired) electrons. The molecule has 2 aromatic rings. The Morgan fingerprint density at radius 1 is 1.17 bits per heavy atom. The van der Waals surface area contributed by atoms with Gasteiger partial charge in [0.25, 0.3) is 5.91 Å². The van der Waals surface area contributed by atoms with Crippen molar-refractivity contribution in [3.05, 3.63) is 47.8 Å². The van der Waals surface area contributed by atoms with E-state index in [4.69, 9.17) is 14.2 Å². The Hall–Kier alpha value is -2.94. The number of aromatic nitrogens is 1. The van der Waals surface area contributed by atoms with Gasteiger partial charge >= 0.3 is 0 Å². The van der Waals surface area contributed by atoms with Crippen LogP contribution in [0.1, 0.15) is 16.1 Å². The maximum absolute atomic E-state index is 13.1. The number of carbonyl (C=O) groups excluding carboxylic acids is 2. The number of pyridine rings is 1. The van der Waals surface area contributed by atoms with Crippen LogP contribution < -0.4 is 19.5 Å². The van der Waals surface area contributed by atoms with Crippen molar-refractivity contribution in [2.24, 2.45) is 0 Å². The summed E-state index contributed by atoms with van der Waals surface area (Å²) in [6, 6.07) is 8.14. The molecule has 0 unspecified atom stereocenters. The maximum atomic E-state index is 13.1. The lowest BCUT2D eigenvalue weighted by Gasteiger charge is -2.24. The Labute approximate surface area is 173 Å². The predicted molar refractivity (Wildman–Crippen MR) is 109 cm³/mol. The molecule has 2 heterocycles. The van der Waals surface area contributed by atoms with Gasteiger partial charge in [-0.15, -0.1) is 11.8 Å². The normalized spacial score (nSPS) is 15.7. The summed E-state index contributed by atoms with van der Waals surface area (Å²) in [5, 5.41) is 2.86. The Balaban J connectivity index is 1.76. The van der Waals surface area contributed by atoms with E-state index in [9.17, 15) is 9.59 Å². The number of ether oxygens (including phenoxy) is 3. The summed E-state index contributed by atoms with van der Waals surface area (Å²) in [5.41, 5.74) is 1.12. The van der Waals surface area contributed by atoms with E-state index >= 15 is 0 Å². The van der Waals surface area contributed by atoms with Crippen LogP contribution in [0.5, 0.6) is 17.2 Å². The molecule has 1 atom stereocenters. The van der Waals surface area contributed by atoms with Gasteiger partial charge < -0.3 is 24.4 Å². The van der Waals surface area contributed by atoms with Crippen LogP contribution in [0.4, 0.5) is 0 Å². The number of rotatable bonds is 7. The minimum Gasteiger partial charge on any atom is -0.493 e. The van der Waals surface area contributed by atoms with E-state index in [1.807, 2.05) is 18.2 Å². The fourth-order valence-corrected chi connectivity index (χ4v) is 4.18. The third-order valence-corrected chi connectivity index (χ3v) is 5.54. The van der Waals surface area contributed by atoms with E-state index in [1.165, 1.54) is 33.1 Å². The van der Waals surface area contributed by atoms with Crippen LogP contribution in [0.3, 0.4) is 0 Å². The van der Waals surface area contributed by atoms with Crippen molar-refractivity contribution < 1.29 is 23.8 Å². The number of nitrogens with one attached hydrogen (secondary N) is 1. The predicted octanol–water partition coefficient (Wildman–Crippen LogP) is 1.94. The van der Waals surface area contributed by atoms with Gasteiger partial charge in [0.15, 0.2) is 11.5 Å². The van der Waals surface area contributed by atoms with Gasteiger partial charge in [0.2, 0.25) is 11.7 Å². The molecule has 3 rings (SSSR count). The first-order valence-corrected chi connectivity index (χ1v) is 10.1. The second kappa shape index (κ2) is 9.51. The zero-order valence-electron chi connectivity index (χ0n) is 16.5. The van der Waals surface area contributed by atoms with Crippen LogP contribution in [0, 0.1) is 0 Å². The zero-order chi connectivity index (χ0) is 20.8. The van der Waals surface area contributed by atoms with Crippen molar-refractivity contribution in [2.45, 2.75) is 12.6 Å². The fraction of sp³-hybridized carbons (Fsp3) is 0.350. The summed E-state index contributed by atoms with van der Waals surface area (Å²) in [4.78, 5) is 31.6. The Morgan fingerprint density at radius 3 is 2.48 bits per heavy atom. The number of amides is 2. The molecule has 1 saturated heterocycles. The SMILES string of the molecule is COc1cc(C(=O)N2CSC[C@@H]2C(=O)NCc2ccccn2)cc(OC)c1OC. The highest BCUT2D eigenvalue weighted by molar-refractivity contribution is 7.99. The van der Waals surface area contributed by atoms with Gasteiger partial charge in [0.1, 0.15) is 6.04 Å². The zero-order valence-corrected chi connectivity index (χ0v) is 17.3. The van der Waals surface area contributed by atoms with Crippen LogP contribution >= 0.6 is 11.8 Å². The van der Waals surface area contributed by atoms with Gasteiger partial charge in [0, 0.05) is 17.5 Å². The fourth-order valence-electron chi connectivity index (χ4n) is 3.03. The first-order valence-electron chi connectivity index (χ1n) is 8.95. The Morgan fingerprint density at radius 2 is 1.90 bits per heavy atom. The van der Waals surface area contributed by atoms with Crippen molar-refractivity contribution in [2.75, 3.05) is 33.0 Å². The van der Waals surface area contributed by atoms with Gasteiger partial charge in [-0.3, -0.25) is 14.6 Å². The molecule has 9 heteroatoms. The lowest BCUT2D eigenvalue weighted by Crippen LogP contribution is -2.47. The molecule has 1 aliphatic rings. The highest BCUT2D eigenvalue weighted by Gasteiger charge is 2.35. The third kappa shape index (κ3) is 4.56. The smallest absolute Gasteiger partial charge is 0.255 e. The molecule has 1 N–H and O–H groups in total. The van der Waals surface area contributed by atoms with Crippen molar-refractivity contribution in [3.63, 3.8) is 0 Å². The van der Waals surface area contributed by atoms with Gasteiger partial charge in [-0.25, -0.2) is 0 Å².